The molecular formula is C18H17N3O6. The number of nitro groups is 1. The van der Waals surface area contributed by atoms with Gasteiger partial charge in [-0.05, 0) is 30.2 Å². The Morgan fingerprint density at radius 1 is 1.30 bits per heavy atom. The highest BCUT2D eigenvalue weighted by atomic mass is 16.7. The number of nitrogens with one attached hydrogen (secondary N) is 1. The summed E-state index contributed by atoms with van der Waals surface area (Å²) < 4.78 is 15.7. The lowest BCUT2D eigenvalue weighted by Crippen LogP contribution is -2.24. The zero-order valence-corrected chi connectivity index (χ0v) is 14.5. The molecule has 2 aromatic rings. The molecule has 27 heavy (non-hydrogen) atoms. The number of nitro benzene ring substituents is 1. The van der Waals surface area contributed by atoms with Crippen LogP contribution in [0.3, 0.4) is 0 Å². The van der Waals surface area contributed by atoms with Crippen molar-refractivity contribution in [2.75, 3.05) is 13.4 Å². The molecule has 9 nitrogen and oxygen atoms in total. The van der Waals surface area contributed by atoms with Gasteiger partial charge in [0.2, 0.25) is 6.79 Å². The number of rotatable bonds is 7. The number of fused-ring (bicyclic) bond motifs is 1. The predicted octanol–water partition coefficient (Wildman–Crippen LogP) is 2.42. The lowest BCUT2D eigenvalue weighted by molar-refractivity contribution is -0.385. The molecule has 3 rings (SSSR count). The number of benzene rings is 2. The van der Waals surface area contributed by atoms with E-state index in [1.54, 1.807) is 12.1 Å². The third-order valence-corrected chi connectivity index (χ3v) is 3.81. The van der Waals surface area contributed by atoms with Crippen molar-refractivity contribution in [2.24, 2.45) is 5.10 Å². The monoisotopic (exact) mass is 371 g/mol. The second kappa shape index (κ2) is 8.17. The summed E-state index contributed by atoms with van der Waals surface area (Å²) in [6.07, 6.45) is 2.09. The van der Waals surface area contributed by atoms with Gasteiger partial charge in [-0.15, -0.1) is 0 Å². The number of ether oxygens (including phenoxy) is 3. The maximum Gasteiger partial charge on any atom is 0.282 e. The van der Waals surface area contributed by atoms with Crippen LogP contribution in [0.15, 0.2) is 41.5 Å². The highest BCUT2D eigenvalue weighted by Crippen LogP contribution is 2.37. The third kappa shape index (κ3) is 4.51. The van der Waals surface area contributed by atoms with Crippen molar-refractivity contribution in [2.45, 2.75) is 13.3 Å². The van der Waals surface area contributed by atoms with Crippen molar-refractivity contribution < 1.29 is 23.9 Å². The van der Waals surface area contributed by atoms with Crippen molar-refractivity contribution in [1.29, 1.82) is 0 Å². The minimum absolute atomic E-state index is 0.000391. The first kappa shape index (κ1) is 18.2. The van der Waals surface area contributed by atoms with E-state index >= 15 is 0 Å². The molecule has 0 bridgehead atoms. The molecule has 0 atom stereocenters. The minimum Gasteiger partial charge on any atom is -0.484 e. The first-order valence-electron chi connectivity index (χ1n) is 8.18. The maximum absolute atomic E-state index is 11.8. The summed E-state index contributed by atoms with van der Waals surface area (Å²) in [5.41, 5.74) is 3.41. The van der Waals surface area contributed by atoms with E-state index in [0.717, 1.165) is 6.42 Å². The van der Waals surface area contributed by atoms with Gasteiger partial charge in [0.1, 0.15) is 5.75 Å². The van der Waals surface area contributed by atoms with Gasteiger partial charge in [0.25, 0.3) is 11.6 Å². The minimum atomic E-state index is -0.561. The van der Waals surface area contributed by atoms with Gasteiger partial charge in [-0.25, -0.2) is 5.43 Å². The number of carbonyl (C=O) groups excluding carboxylic acids is 1. The Labute approximate surface area is 154 Å². The molecule has 1 heterocycles. The van der Waals surface area contributed by atoms with Gasteiger partial charge >= 0.3 is 0 Å². The molecule has 0 radical (unpaired) electrons. The Bertz CT molecular complexity index is 879. The van der Waals surface area contributed by atoms with E-state index in [4.69, 9.17) is 14.2 Å². The van der Waals surface area contributed by atoms with E-state index in [1.165, 1.54) is 23.9 Å². The van der Waals surface area contributed by atoms with Crippen molar-refractivity contribution in [3.8, 4) is 17.2 Å². The number of hydrazone groups is 1. The SMILES string of the molecule is CCc1ccc(OCC(=O)N/N=C/c2cc3c(cc2[N+](=O)[O-])OCO3)cc1. The second-order valence-corrected chi connectivity index (χ2v) is 5.60. The molecule has 0 saturated carbocycles. The summed E-state index contributed by atoms with van der Waals surface area (Å²) >= 11 is 0. The highest BCUT2D eigenvalue weighted by Gasteiger charge is 2.22. The molecule has 2 aromatic carbocycles. The Morgan fingerprint density at radius 3 is 2.67 bits per heavy atom. The second-order valence-electron chi connectivity index (χ2n) is 5.60. The molecule has 1 aliphatic heterocycles. The van der Waals surface area contributed by atoms with Crippen LogP contribution < -0.4 is 19.6 Å². The van der Waals surface area contributed by atoms with Gasteiger partial charge < -0.3 is 14.2 Å². The maximum atomic E-state index is 11.8. The molecule has 0 aromatic heterocycles. The molecule has 9 heteroatoms. The van der Waals surface area contributed by atoms with E-state index in [0.29, 0.717) is 17.2 Å². The molecule has 0 saturated heterocycles. The normalized spacial score (nSPS) is 12.2. The lowest BCUT2D eigenvalue weighted by atomic mass is 10.1. The van der Waals surface area contributed by atoms with Crippen LogP contribution in [0.1, 0.15) is 18.1 Å². The van der Waals surface area contributed by atoms with Crippen molar-refractivity contribution in [3.05, 3.63) is 57.6 Å². The van der Waals surface area contributed by atoms with Crippen LogP contribution in [0.25, 0.3) is 0 Å². The van der Waals surface area contributed by atoms with E-state index < -0.39 is 10.8 Å². The quantitative estimate of drug-likeness (QED) is 0.454. The summed E-state index contributed by atoms with van der Waals surface area (Å²) in [6, 6.07) is 10.1. The average Bonchev–Trinajstić information content (AvgIpc) is 3.13. The third-order valence-electron chi connectivity index (χ3n) is 3.81. The van der Waals surface area contributed by atoms with E-state index in [1.807, 2.05) is 19.1 Å². The molecule has 1 N–H and O–H groups in total. The summed E-state index contributed by atoms with van der Waals surface area (Å²) in [4.78, 5) is 22.4. The zero-order chi connectivity index (χ0) is 19.2. The van der Waals surface area contributed by atoms with E-state index in [2.05, 4.69) is 10.5 Å². The Morgan fingerprint density at radius 2 is 2.00 bits per heavy atom. The van der Waals surface area contributed by atoms with E-state index in [-0.39, 0.29) is 24.7 Å². The van der Waals surface area contributed by atoms with Crippen LogP contribution in [-0.2, 0) is 11.2 Å². The average molecular weight is 371 g/mol. The molecule has 0 unspecified atom stereocenters. The topological polar surface area (TPSA) is 112 Å². The lowest BCUT2D eigenvalue weighted by Gasteiger charge is -2.05. The van der Waals surface area contributed by atoms with Gasteiger partial charge in [-0.2, -0.15) is 5.10 Å². The van der Waals surface area contributed by atoms with Gasteiger partial charge in [0, 0.05) is 0 Å². The Kier molecular flexibility index (Phi) is 5.50. The van der Waals surface area contributed by atoms with Crippen LogP contribution in [-0.4, -0.2) is 30.4 Å². The standard InChI is InChI=1S/C18H17N3O6/c1-2-12-3-5-14(6-4-12)25-10-18(22)20-19-9-13-7-16-17(27-11-26-16)8-15(13)21(23)24/h3-9H,2,10-11H2,1H3,(H,20,22)/b19-9+. The fraction of sp³-hybridized carbons (Fsp3) is 0.222. The smallest absolute Gasteiger partial charge is 0.282 e. The number of carbonyl (C=O) groups is 1. The van der Waals surface area contributed by atoms with Gasteiger partial charge in [-0.3, -0.25) is 14.9 Å². The number of amides is 1. The molecule has 0 aliphatic carbocycles. The van der Waals surface area contributed by atoms with Crippen LogP contribution in [0.5, 0.6) is 17.2 Å². The van der Waals surface area contributed by atoms with Crippen molar-refractivity contribution in [1.82, 2.24) is 5.43 Å². The fourth-order valence-electron chi connectivity index (χ4n) is 2.38. The number of aryl methyl sites for hydroxylation is 1. The predicted molar refractivity (Wildman–Crippen MR) is 96.3 cm³/mol. The molecule has 1 amide bonds. The van der Waals surface area contributed by atoms with Crippen LogP contribution in [0.4, 0.5) is 5.69 Å². The molecule has 1 aliphatic rings. The zero-order valence-electron chi connectivity index (χ0n) is 14.5. The van der Waals surface area contributed by atoms with E-state index in [9.17, 15) is 14.9 Å². The number of hydrogen-bond acceptors (Lipinski definition) is 7. The van der Waals surface area contributed by atoms with Crippen molar-refractivity contribution >= 4 is 17.8 Å². The largest absolute Gasteiger partial charge is 0.484 e. The Hall–Kier alpha value is -3.62. The summed E-state index contributed by atoms with van der Waals surface area (Å²) in [5, 5.41) is 14.9. The summed E-state index contributed by atoms with van der Waals surface area (Å²) in [5.74, 6) is 0.754. The van der Waals surface area contributed by atoms with Crippen molar-refractivity contribution in [3.63, 3.8) is 0 Å². The number of hydrogen-bond donors (Lipinski definition) is 1. The first-order valence-corrected chi connectivity index (χ1v) is 8.18. The van der Waals surface area contributed by atoms with Gasteiger partial charge in [0.15, 0.2) is 18.1 Å². The number of nitrogens with zero attached hydrogens (tertiary/aromatic N) is 2. The van der Waals surface area contributed by atoms with Gasteiger partial charge in [-0.1, -0.05) is 19.1 Å². The highest BCUT2D eigenvalue weighted by molar-refractivity contribution is 5.88. The van der Waals surface area contributed by atoms with Crippen LogP contribution in [0, 0.1) is 10.1 Å². The molecule has 0 spiro atoms. The van der Waals surface area contributed by atoms with Crippen LogP contribution >= 0.6 is 0 Å². The molecule has 140 valence electrons. The Balaban J connectivity index is 1.58. The first-order chi connectivity index (χ1) is 13.1. The van der Waals surface area contributed by atoms with Gasteiger partial charge in [0.05, 0.1) is 22.8 Å². The van der Waals surface area contributed by atoms with Crippen LogP contribution in [0.2, 0.25) is 0 Å². The summed E-state index contributed by atoms with van der Waals surface area (Å²) in [6.45, 7) is 1.82. The summed E-state index contributed by atoms with van der Waals surface area (Å²) in [7, 11) is 0. The molecular weight excluding hydrogens is 354 g/mol. The molecule has 0 fully saturated rings. The fourth-order valence-corrected chi connectivity index (χ4v) is 2.38.